The third kappa shape index (κ3) is 2.84. The molecule has 1 atom stereocenters. The molecule has 2 aromatic carbocycles. The molecule has 0 spiro atoms. The predicted octanol–water partition coefficient (Wildman–Crippen LogP) is 1.96. The van der Waals surface area contributed by atoms with Crippen molar-refractivity contribution in [2.24, 2.45) is 0 Å². The maximum atomic E-state index is 12.7. The number of hydrogen-bond donors (Lipinski definition) is 0. The summed E-state index contributed by atoms with van der Waals surface area (Å²) in [5, 5.41) is 2.19. The molecule has 2 fully saturated rings. The first-order valence-corrected chi connectivity index (χ1v) is 8.37. The number of carbonyl (C=O) groups is 3. The zero-order chi connectivity index (χ0) is 17.4. The highest BCUT2D eigenvalue weighted by Gasteiger charge is 2.41. The fourth-order valence-electron chi connectivity index (χ4n) is 3.62. The minimum atomic E-state index is -0.599. The molecule has 3 amide bonds. The van der Waals surface area contributed by atoms with Gasteiger partial charge < -0.3 is 9.64 Å². The van der Waals surface area contributed by atoms with Crippen LogP contribution in [0.5, 0.6) is 0 Å². The first kappa shape index (κ1) is 15.6. The molecule has 2 aliphatic rings. The quantitative estimate of drug-likeness (QED) is 0.858. The van der Waals surface area contributed by atoms with Gasteiger partial charge >= 0.3 is 6.09 Å². The highest BCUT2D eigenvalue weighted by Crippen LogP contribution is 2.23. The third-order valence-electron chi connectivity index (χ3n) is 4.89. The van der Waals surface area contributed by atoms with Gasteiger partial charge in [0, 0.05) is 13.1 Å². The molecule has 0 aromatic heterocycles. The molecular formula is C19H18N2O4. The Morgan fingerprint density at radius 1 is 1.12 bits per heavy atom. The summed E-state index contributed by atoms with van der Waals surface area (Å²) in [6.45, 7) is 0.731. The predicted molar refractivity (Wildman–Crippen MR) is 90.8 cm³/mol. The molecule has 0 N–H and O–H groups in total. The fourth-order valence-corrected chi connectivity index (χ4v) is 3.62. The lowest BCUT2D eigenvalue weighted by Crippen LogP contribution is -2.42. The Morgan fingerprint density at radius 2 is 1.92 bits per heavy atom. The Labute approximate surface area is 145 Å². The lowest BCUT2D eigenvalue weighted by molar-refractivity contribution is -0.131. The van der Waals surface area contributed by atoms with Gasteiger partial charge in [-0.15, -0.1) is 0 Å². The zero-order valence-corrected chi connectivity index (χ0v) is 13.7. The second-order valence-corrected chi connectivity index (χ2v) is 6.42. The molecule has 6 heteroatoms. The molecule has 0 radical (unpaired) electrons. The topological polar surface area (TPSA) is 66.9 Å². The van der Waals surface area contributed by atoms with Crippen LogP contribution < -0.4 is 0 Å². The summed E-state index contributed by atoms with van der Waals surface area (Å²) in [5.74, 6) is -0.308. The monoisotopic (exact) mass is 338 g/mol. The Morgan fingerprint density at radius 3 is 2.72 bits per heavy atom. The molecule has 6 nitrogen and oxygen atoms in total. The van der Waals surface area contributed by atoms with Crippen LogP contribution in [0.25, 0.3) is 10.8 Å². The number of cyclic esters (lactones) is 1. The summed E-state index contributed by atoms with van der Waals surface area (Å²) in [6, 6.07) is 13.7. The first-order chi connectivity index (χ1) is 12.1. The van der Waals surface area contributed by atoms with E-state index in [0.29, 0.717) is 25.9 Å². The van der Waals surface area contributed by atoms with E-state index < -0.39 is 6.09 Å². The van der Waals surface area contributed by atoms with Crippen molar-refractivity contribution in [1.82, 2.24) is 9.80 Å². The molecule has 25 heavy (non-hydrogen) atoms. The normalized spacial score (nSPS) is 20.4. The summed E-state index contributed by atoms with van der Waals surface area (Å²) in [7, 11) is 0. The van der Waals surface area contributed by atoms with E-state index in [9.17, 15) is 14.4 Å². The number of amides is 3. The van der Waals surface area contributed by atoms with Gasteiger partial charge in [0.2, 0.25) is 5.91 Å². The van der Waals surface area contributed by atoms with Crippen LogP contribution in [0.2, 0.25) is 0 Å². The van der Waals surface area contributed by atoms with Gasteiger partial charge in [-0.05, 0) is 22.8 Å². The SMILES string of the molecule is O=C(Cc1cccc2ccccc12)N1CCC(N2C(=O)COC2=O)C1. The van der Waals surface area contributed by atoms with Gasteiger partial charge in [0.1, 0.15) is 0 Å². The third-order valence-corrected chi connectivity index (χ3v) is 4.89. The van der Waals surface area contributed by atoms with Gasteiger partial charge in [0.15, 0.2) is 6.61 Å². The second-order valence-electron chi connectivity index (χ2n) is 6.42. The van der Waals surface area contributed by atoms with Gasteiger partial charge in [-0.1, -0.05) is 42.5 Å². The lowest BCUT2D eigenvalue weighted by Gasteiger charge is -2.20. The summed E-state index contributed by atoms with van der Waals surface area (Å²) < 4.78 is 4.76. The highest BCUT2D eigenvalue weighted by atomic mass is 16.6. The number of hydrogen-bond acceptors (Lipinski definition) is 4. The van der Waals surface area contributed by atoms with Gasteiger partial charge in [0.05, 0.1) is 12.5 Å². The average Bonchev–Trinajstić information content (AvgIpc) is 3.22. The van der Waals surface area contributed by atoms with Crippen molar-refractivity contribution in [3.8, 4) is 0 Å². The van der Waals surface area contributed by atoms with Crippen LogP contribution in [0.1, 0.15) is 12.0 Å². The van der Waals surface area contributed by atoms with Crippen molar-refractivity contribution >= 4 is 28.7 Å². The van der Waals surface area contributed by atoms with Crippen molar-refractivity contribution in [2.45, 2.75) is 18.9 Å². The fraction of sp³-hybridized carbons (Fsp3) is 0.316. The maximum absolute atomic E-state index is 12.7. The molecule has 0 aliphatic carbocycles. The summed E-state index contributed by atoms with van der Waals surface area (Å²) in [6.07, 6.45) is 0.313. The van der Waals surface area contributed by atoms with Crippen LogP contribution >= 0.6 is 0 Å². The molecule has 0 saturated carbocycles. The first-order valence-electron chi connectivity index (χ1n) is 8.37. The minimum Gasteiger partial charge on any atom is -0.439 e. The van der Waals surface area contributed by atoms with E-state index >= 15 is 0 Å². The molecule has 128 valence electrons. The summed E-state index contributed by atoms with van der Waals surface area (Å²) in [4.78, 5) is 39.0. The zero-order valence-electron chi connectivity index (χ0n) is 13.7. The van der Waals surface area contributed by atoms with E-state index in [4.69, 9.17) is 4.74 Å². The van der Waals surface area contributed by atoms with Gasteiger partial charge in [-0.2, -0.15) is 0 Å². The Kier molecular flexibility index (Phi) is 3.87. The molecule has 2 aliphatic heterocycles. The number of likely N-dealkylation sites (tertiary alicyclic amines) is 1. The van der Waals surface area contributed by atoms with Crippen LogP contribution in [0.15, 0.2) is 42.5 Å². The van der Waals surface area contributed by atoms with E-state index in [2.05, 4.69) is 0 Å². The van der Waals surface area contributed by atoms with Crippen LogP contribution in [0.4, 0.5) is 4.79 Å². The van der Waals surface area contributed by atoms with Crippen LogP contribution in [-0.4, -0.2) is 53.4 Å². The minimum absolute atomic E-state index is 0.0128. The lowest BCUT2D eigenvalue weighted by atomic mass is 10.0. The summed E-state index contributed by atoms with van der Waals surface area (Å²) in [5.41, 5.74) is 0.989. The summed E-state index contributed by atoms with van der Waals surface area (Å²) >= 11 is 0. The molecule has 4 rings (SSSR count). The van der Waals surface area contributed by atoms with Crippen molar-refractivity contribution in [3.63, 3.8) is 0 Å². The molecule has 2 saturated heterocycles. The number of rotatable bonds is 3. The Hall–Kier alpha value is -2.89. The van der Waals surface area contributed by atoms with Crippen molar-refractivity contribution in [2.75, 3.05) is 19.7 Å². The standard InChI is InChI=1S/C19H18N2O4/c22-17(10-14-6-3-5-13-4-1-2-7-16(13)14)20-9-8-15(11-20)21-18(23)12-25-19(21)24/h1-7,15H,8-12H2. The van der Waals surface area contributed by atoms with Crippen molar-refractivity contribution < 1.29 is 19.1 Å². The average molecular weight is 338 g/mol. The van der Waals surface area contributed by atoms with Crippen LogP contribution in [-0.2, 0) is 20.7 Å². The molecule has 2 heterocycles. The van der Waals surface area contributed by atoms with E-state index in [1.165, 1.54) is 0 Å². The molecular weight excluding hydrogens is 320 g/mol. The van der Waals surface area contributed by atoms with Crippen LogP contribution in [0.3, 0.4) is 0 Å². The smallest absolute Gasteiger partial charge is 0.417 e. The number of ether oxygens (including phenoxy) is 1. The van der Waals surface area contributed by atoms with Crippen LogP contribution in [0, 0.1) is 0 Å². The van der Waals surface area contributed by atoms with E-state index in [-0.39, 0.29) is 24.5 Å². The van der Waals surface area contributed by atoms with E-state index in [1.807, 2.05) is 42.5 Å². The Balaban J connectivity index is 1.47. The van der Waals surface area contributed by atoms with Crippen molar-refractivity contribution in [1.29, 1.82) is 0 Å². The van der Waals surface area contributed by atoms with Crippen molar-refractivity contribution in [3.05, 3.63) is 48.0 Å². The van der Waals surface area contributed by atoms with E-state index in [1.54, 1.807) is 4.90 Å². The van der Waals surface area contributed by atoms with Gasteiger partial charge in [-0.25, -0.2) is 9.69 Å². The molecule has 1 unspecified atom stereocenters. The largest absolute Gasteiger partial charge is 0.439 e. The maximum Gasteiger partial charge on any atom is 0.417 e. The second kappa shape index (κ2) is 6.20. The number of benzene rings is 2. The van der Waals surface area contributed by atoms with Gasteiger partial charge in [-0.3, -0.25) is 9.59 Å². The number of imide groups is 1. The number of fused-ring (bicyclic) bond motifs is 1. The van der Waals surface area contributed by atoms with Gasteiger partial charge in [0.25, 0.3) is 5.91 Å². The molecule has 2 aromatic rings. The van der Waals surface area contributed by atoms with E-state index in [0.717, 1.165) is 21.2 Å². The Bertz CT molecular complexity index is 842. The number of nitrogens with zero attached hydrogens (tertiary/aromatic N) is 2. The highest BCUT2D eigenvalue weighted by molar-refractivity contribution is 5.98. The molecule has 0 bridgehead atoms. The number of carbonyl (C=O) groups excluding carboxylic acids is 3.